The van der Waals surface area contributed by atoms with Crippen molar-refractivity contribution in [3.63, 3.8) is 0 Å². The number of carbonyl (C=O) groups excluding carboxylic acids is 1. The molecule has 0 saturated heterocycles. The molecular formula is C26H35NOSSi. The van der Waals surface area contributed by atoms with Crippen LogP contribution in [0.2, 0.25) is 25.7 Å². The predicted octanol–water partition coefficient (Wildman–Crippen LogP) is 7.48. The Kier molecular flexibility index (Phi) is 6.68. The number of nitrogens with zero attached hydrogens (tertiary/aromatic N) is 1. The van der Waals surface area contributed by atoms with Crippen LogP contribution in [-0.2, 0) is 4.79 Å². The first-order valence-electron chi connectivity index (χ1n) is 10.8. The summed E-state index contributed by atoms with van der Waals surface area (Å²) in [5.74, 6) is 0.105. The first kappa shape index (κ1) is 22.9. The Labute approximate surface area is 187 Å². The minimum atomic E-state index is -1.28. The van der Waals surface area contributed by atoms with Crippen molar-refractivity contribution in [1.29, 1.82) is 0 Å². The van der Waals surface area contributed by atoms with Gasteiger partial charge in [0.1, 0.15) is 0 Å². The molecule has 0 radical (unpaired) electrons. The van der Waals surface area contributed by atoms with E-state index in [1.165, 1.54) is 20.9 Å². The second-order valence-corrected chi connectivity index (χ2v) is 17.2. The van der Waals surface area contributed by atoms with Crippen molar-refractivity contribution in [3.05, 3.63) is 71.4 Å². The van der Waals surface area contributed by atoms with Crippen LogP contribution in [0, 0.1) is 6.92 Å². The van der Waals surface area contributed by atoms with Gasteiger partial charge in [0.2, 0.25) is 5.91 Å². The Bertz CT molecular complexity index is 935. The van der Waals surface area contributed by atoms with Gasteiger partial charge in [0.05, 0.1) is 5.92 Å². The minimum absolute atomic E-state index is 0.116. The lowest BCUT2D eigenvalue weighted by Gasteiger charge is -2.40. The average Bonchev–Trinajstić information content (AvgIpc) is 2.63. The Morgan fingerprint density at radius 2 is 1.67 bits per heavy atom. The van der Waals surface area contributed by atoms with Crippen molar-refractivity contribution in [1.82, 2.24) is 4.90 Å². The summed E-state index contributed by atoms with van der Waals surface area (Å²) in [6.07, 6.45) is 2.99. The molecule has 0 saturated carbocycles. The number of hydrogen-bond donors (Lipinski definition) is 0. The first-order chi connectivity index (χ1) is 13.9. The average molecular weight is 438 g/mol. The van der Waals surface area contributed by atoms with E-state index in [1.54, 1.807) is 11.8 Å². The summed E-state index contributed by atoms with van der Waals surface area (Å²) >= 11 is 1.76. The van der Waals surface area contributed by atoms with Gasteiger partial charge in [-0.05, 0) is 63.9 Å². The smallest absolute Gasteiger partial charge is 0.234 e. The van der Waals surface area contributed by atoms with Crippen LogP contribution in [0.15, 0.2) is 70.1 Å². The third kappa shape index (κ3) is 5.67. The molecule has 0 fully saturated rings. The molecule has 0 bridgehead atoms. The Hall–Kier alpha value is -1.78. The Morgan fingerprint density at radius 1 is 1.03 bits per heavy atom. The maximum atomic E-state index is 13.6. The fourth-order valence-corrected chi connectivity index (χ4v) is 6.58. The molecule has 0 spiro atoms. The van der Waals surface area contributed by atoms with E-state index in [-0.39, 0.29) is 17.4 Å². The zero-order valence-electron chi connectivity index (χ0n) is 19.5. The van der Waals surface area contributed by atoms with E-state index in [0.717, 1.165) is 18.0 Å². The van der Waals surface area contributed by atoms with Gasteiger partial charge in [-0.1, -0.05) is 72.9 Å². The van der Waals surface area contributed by atoms with Crippen LogP contribution in [0.3, 0.4) is 0 Å². The third-order valence-corrected chi connectivity index (χ3v) is 7.95. The van der Waals surface area contributed by atoms with E-state index < -0.39 is 8.07 Å². The van der Waals surface area contributed by atoms with Gasteiger partial charge >= 0.3 is 0 Å². The molecule has 2 nitrogen and oxygen atoms in total. The number of rotatable bonds is 5. The highest BCUT2D eigenvalue weighted by Gasteiger charge is 2.37. The summed E-state index contributed by atoms with van der Waals surface area (Å²) in [7, 11) is -1.28. The van der Waals surface area contributed by atoms with Gasteiger partial charge in [0.15, 0.2) is 0 Å². The number of hydrogen-bond acceptors (Lipinski definition) is 2. The highest BCUT2D eigenvalue weighted by molar-refractivity contribution is 7.99. The molecule has 1 heterocycles. The summed E-state index contributed by atoms with van der Waals surface area (Å²) in [6, 6.07) is 18.2. The third-order valence-electron chi connectivity index (χ3n) is 5.34. The van der Waals surface area contributed by atoms with Crippen molar-refractivity contribution in [2.45, 2.75) is 81.0 Å². The van der Waals surface area contributed by atoms with Crippen molar-refractivity contribution in [2.75, 3.05) is 0 Å². The maximum absolute atomic E-state index is 13.6. The van der Waals surface area contributed by atoms with Crippen LogP contribution < -0.4 is 0 Å². The van der Waals surface area contributed by atoms with Crippen molar-refractivity contribution >= 4 is 25.7 Å². The van der Waals surface area contributed by atoms with Crippen LogP contribution in [0.5, 0.6) is 0 Å². The molecular weight excluding hydrogens is 402 g/mol. The molecule has 0 aliphatic carbocycles. The zero-order chi connectivity index (χ0) is 22.1. The second-order valence-electron chi connectivity index (χ2n) is 10.6. The fourth-order valence-electron chi connectivity index (χ4n) is 3.98. The van der Waals surface area contributed by atoms with Gasteiger partial charge in [0.25, 0.3) is 0 Å². The molecule has 3 rings (SSSR count). The molecule has 2 aromatic carbocycles. The SMILES string of the molecule is Cc1ccc(Sc2ccccc2C2CC(C[Si](C)(C)C)=CN(C(C)(C)C)C2=O)cc1. The van der Waals surface area contributed by atoms with Crippen LogP contribution in [0.1, 0.15) is 44.2 Å². The molecule has 0 N–H and O–H groups in total. The number of carbonyl (C=O) groups is 1. The van der Waals surface area contributed by atoms with Crippen molar-refractivity contribution in [2.24, 2.45) is 0 Å². The normalized spacial score (nSPS) is 17.8. The van der Waals surface area contributed by atoms with Crippen molar-refractivity contribution < 1.29 is 4.79 Å². The summed E-state index contributed by atoms with van der Waals surface area (Å²) in [4.78, 5) is 18.0. The number of amides is 1. The van der Waals surface area contributed by atoms with Gasteiger partial charge in [-0.2, -0.15) is 0 Å². The summed E-state index contributed by atoms with van der Waals surface area (Å²) < 4.78 is 0. The summed E-state index contributed by atoms with van der Waals surface area (Å²) in [5.41, 5.74) is 3.61. The van der Waals surface area contributed by atoms with E-state index in [2.05, 4.69) is 102 Å². The fraction of sp³-hybridized carbons (Fsp3) is 0.423. The predicted molar refractivity (Wildman–Crippen MR) is 132 cm³/mol. The quantitative estimate of drug-likeness (QED) is 0.452. The van der Waals surface area contributed by atoms with Gasteiger partial charge in [0, 0.05) is 29.6 Å². The monoisotopic (exact) mass is 437 g/mol. The van der Waals surface area contributed by atoms with E-state index in [9.17, 15) is 4.79 Å². The molecule has 2 aromatic rings. The topological polar surface area (TPSA) is 20.3 Å². The highest BCUT2D eigenvalue weighted by Crippen LogP contribution is 2.41. The van der Waals surface area contributed by atoms with Crippen LogP contribution in [0.4, 0.5) is 0 Å². The Balaban J connectivity index is 1.98. The number of allylic oxidation sites excluding steroid dienone is 1. The van der Waals surface area contributed by atoms with Crippen molar-refractivity contribution in [3.8, 4) is 0 Å². The summed E-state index contributed by atoms with van der Waals surface area (Å²) in [6.45, 7) is 15.7. The molecule has 1 aliphatic rings. The molecule has 160 valence electrons. The van der Waals surface area contributed by atoms with Gasteiger partial charge in [-0.25, -0.2) is 0 Å². The lowest BCUT2D eigenvalue weighted by Crippen LogP contribution is -2.46. The molecule has 1 aliphatic heterocycles. The molecule has 1 amide bonds. The van der Waals surface area contributed by atoms with Gasteiger partial charge < -0.3 is 4.90 Å². The molecule has 0 aromatic heterocycles. The maximum Gasteiger partial charge on any atom is 0.234 e. The van der Waals surface area contributed by atoms with Crippen LogP contribution >= 0.6 is 11.8 Å². The molecule has 4 heteroatoms. The zero-order valence-corrected chi connectivity index (χ0v) is 21.3. The second kappa shape index (κ2) is 8.76. The standard InChI is InChI=1S/C26H35NOSSi/c1-19-12-14-21(15-13-19)29-24-11-9-8-10-22(24)23-16-20(18-30(5,6)7)17-27(25(23)28)26(2,3)4/h8-15,17,23H,16,18H2,1-7H3. The molecule has 30 heavy (non-hydrogen) atoms. The van der Waals surface area contributed by atoms with E-state index in [1.807, 2.05) is 4.90 Å². The van der Waals surface area contributed by atoms with Crippen LogP contribution in [-0.4, -0.2) is 24.4 Å². The highest BCUT2D eigenvalue weighted by atomic mass is 32.2. The van der Waals surface area contributed by atoms with E-state index in [4.69, 9.17) is 0 Å². The number of benzene rings is 2. The van der Waals surface area contributed by atoms with Gasteiger partial charge in [-0.3, -0.25) is 4.79 Å². The van der Waals surface area contributed by atoms with E-state index >= 15 is 0 Å². The number of aryl methyl sites for hydroxylation is 1. The molecule has 1 unspecified atom stereocenters. The van der Waals surface area contributed by atoms with Crippen LogP contribution in [0.25, 0.3) is 0 Å². The largest absolute Gasteiger partial charge is 0.313 e. The molecule has 1 atom stereocenters. The van der Waals surface area contributed by atoms with E-state index in [0.29, 0.717) is 0 Å². The lowest BCUT2D eigenvalue weighted by molar-refractivity contribution is -0.134. The first-order valence-corrected chi connectivity index (χ1v) is 15.3. The minimum Gasteiger partial charge on any atom is -0.313 e. The lowest BCUT2D eigenvalue weighted by atomic mass is 9.87. The van der Waals surface area contributed by atoms with Gasteiger partial charge in [-0.15, -0.1) is 0 Å². The Morgan fingerprint density at radius 3 is 2.27 bits per heavy atom. The summed E-state index contributed by atoms with van der Waals surface area (Å²) in [5, 5.41) is 0.